The van der Waals surface area contributed by atoms with Crippen molar-refractivity contribution in [2.75, 3.05) is 13.7 Å². The van der Waals surface area contributed by atoms with E-state index in [-0.39, 0.29) is 18.4 Å². The lowest BCUT2D eigenvalue weighted by atomic mass is 10.1. The molecule has 0 saturated heterocycles. The molecule has 3 rings (SSSR count). The van der Waals surface area contributed by atoms with Crippen molar-refractivity contribution >= 4 is 6.03 Å². The molecule has 0 radical (unpaired) electrons. The van der Waals surface area contributed by atoms with Gasteiger partial charge in [0.15, 0.2) is 11.5 Å². The Morgan fingerprint density at radius 1 is 1.25 bits per heavy atom. The zero-order valence-electron chi connectivity index (χ0n) is 13.4. The summed E-state index contributed by atoms with van der Waals surface area (Å²) < 4.78 is 11.3. The zero-order chi connectivity index (χ0) is 17.1. The minimum Gasteiger partial charge on any atom is -0.493 e. The van der Waals surface area contributed by atoms with Gasteiger partial charge in [-0.05, 0) is 48.1 Å². The number of amides is 2. The molecule has 0 aromatic heterocycles. The lowest BCUT2D eigenvalue weighted by molar-refractivity contribution is -0.0431. The molecule has 2 atom stereocenters. The number of carbonyl (C=O) groups is 1. The van der Waals surface area contributed by atoms with Crippen LogP contribution in [0, 0.1) is 5.92 Å². The molecule has 1 aliphatic carbocycles. The second kappa shape index (κ2) is 6.80. The van der Waals surface area contributed by atoms with E-state index in [1.165, 1.54) is 0 Å². The summed E-state index contributed by atoms with van der Waals surface area (Å²) >= 11 is 0. The van der Waals surface area contributed by atoms with Crippen LogP contribution >= 0.6 is 0 Å². The smallest absolute Gasteiger partial charge is 0.338 e. The normalized spacial score (nSPS) is 18.8. The van der Waals surface area contributed by atoms with E-state index in [2.05, 4.69) is 0 Å². The summed E-state index contributed by atoms with van der Waals surface area (Å²) in [5.74, 6) is 2.49. The quantitative estimate of drug-likeness (QED) is 0.629. The van der Waals surface area contributed by atoms with Crippen LogP contribution in [0.2, 0.25) is 0 Å². The molecule has 1 saturated carbocycles. The highest BCUT2D eigenvalue weighted by Crippen LogP contribution is 2.49. The molecule has 0 unspecified atom stereocenters. The predicted octanol–water partition coefficient (Wildman–Crippen LogP) is 3.36. The van der Waals surface area contributed by atoms with Crippen LogP contribution in [0.15, 0.2) is 48.5 Å². The van der Waals surface area contributed by atoms with Crippen LogP contribution in [-0.2, 0) is 0 Å². The van der Waals surface area contributed by atoms with Gasteiger partial charge in [-0.1, -0.05) is 24.3 Å². The number of carbonyl (C=O) groups excluding carboxylic acids is 1. The molecule has 6 nitrogen and oxygen atoms in total. The first-order valence-corrected chi connectivity index (χ1v) is 7.75. The molecule has 0 spiro atoms. The minimum atomic E-state index is -0.830. The van der Waals surface area contributed by atoms with Crippen molar-refractivity contribution in [2.45, 2.75) is 12.3 Å². The first-order valence-electron chi connectivity index (χ1n) is 7.75. The molecule has 2 amide bonds. The SMILES string of the molecule is COc1ccc([C@@H]2C[C@H]2CN(O)C(N)=O)cc1Oc1ccccc1. The third kappa shape index (κ3) is 3.60. The summed E-state index contributed by atoms with van der Waals surface area (Å²) in [4.78, 5) is 10.9. The van der Waals surface area contributed by atoms with E-state index in [0.29, 0.717) is 16.6 Å². The summed E-state index contributed by atoms with van der Waals surface area (Å²) in [5, 5.41) is 10.0. The fourth-order valence-corrected chi connectivity index (χ4v) is 2.79. The number of hydrogen-bond acceptors (Lipinski definition) is 4. The number of hydrogen-bond donors (Lipinski definition) is 2. The first kappa shape index (κ1) is 16.1. The van der Waals surface area contributed by atoms with Gasteiger partial charge in [0, 0.05) is 0 Å². The molecule has 0 aliphatic heterocycles. The average molecular weight is 328 g/mol. The van der Waals surface area contributed by atoms with E-state index in [1.54, 1.807) is 7.11 Å². The van der Waals surface area contributed by atoms with Crippen molar-refractivity contribution < 1.29 is 19.5 Å². The molecule has 0 heterocycles. The number of nitrogens with zero attached hydrogens (tertiary/aromatic N) is 1. The van der Waals surface area contributed by atoms with Crippen LogP contribution in [0.3, 0.4) is 0 Å². The maximum Gasteiger partial charge on any atom is 0.338 e. The Morgan fingerprint density at radius 2 is 2.00 bits per heavy atom. The van der Waals surface area contributed by atoms with Crippen molar-refractivity contribution in [3.63, 3.8) is 0 Å². The minimum absolute atomic E-state index is 0.195. The molecular formula is C18H20N2O4. The van der Waals surface area contributed by atoms with Gasteiger partial charge in [-0.25, -0.2) is 9.86 Å². The molecule has 1 aliphatic rings. The summed E-state index contributed by atoms with van der Waals surface area (Å²) in [5.41, 5.74) is 6.13. The predicted molar refractivity (Wildman–Crippen MR) is 88.4 cm³/mol. The maximum absolute atomic E-state index is 10.9. The molecule has 6 heteroatoms. The zero-order valence-corrected chi connectivity index (χ0v) is 13.4. The summed E-state index contributed by atoms with van der Waals surface area (Å²) in [7, 11) is 1.60. The molecule has 1 fully saturated rings. The van der Waals surface area contributed by atoms with Crippen molar-refractivity contribution in [2.24, 2.45) is 11.7 Å². The van der Waals surface area contributed by atoms with Crippen molar-refractivity contribution in [1.29, 1.82) is 0 Å². The van der Waals surface area contributed by atoms with E-state index < -0.39 is 6.03 Å². The van der Waals surface area contributed by atoms with Crippen LogP contribution in [0.25, 0.3) is 0 Å². The van der Waals surface area contributed by atoms with Crippen molar-refractivity contribution in [3.8, 4) is 17.2 Å². The Bertz CT molecular complexity index is 720. The molecule has 0 bridgehead atoms. The Balaban J connectivity index is 1.74. The monoisotopic (exact) mass is 328 g/mol. The van der Waals surface area contributed by atoms with Gasteiger partial charge >= 0.3 is 6.03 Å². The van der Waals surface area contributed by atoms with Gasteiger partial charge in [0.25, 0.3) is 0 Å². The second-order valence-electron chi connectivity index (χ2n) is 5.85. The van der Waals surface area contributed by atoms with Crippen molar-refractivity contribution in [3.05, 3.63) is 54.1 Å². The highest BCUT2D eigenvalue weighted by Gasteiger charge is 2.40. The van der Waals surface area contributed by atoms with E-state index in [9.17, 15) is 10.0 Å². The van der Waals surface area contributed by atoms with Crippen LogP contribution in [0.4, 0.5) is 4.79 Å². The topological polar surface area (TPSA) is 85.0 Å². The number of urea groups is 1. The number of primary amides is 1. The average Bonchev–Trinajstić information content (AvgIpc) is 3.35. The van der Waals surface area contributed by atoms with E-state index in [4.69, 9.17) is 15.2 Å². The Kier molecular flexibility index (Phi) is 4.57. The van der Waals surface area contributed by atoms with Crippen LogP contribution in [0.1, 0.15) is 17.9 Å². The Hall–Kier alpha value is -2.73. The number of nitrogens with two attached hydrogens (primary N) is 1. The highest BCUT2D eigenvalue weighted by molar-refractivity contribution is 5.70. The first-order chi connectivity index (χ1) is 11.6. The van der Waals surface area contributed by atoms with Gasteiger partial charge in [0.1, 0.15) is 5.75 Å². The molecule has 2 aromatic carbocycles. The third-order valence-electron chi connectivity index (χ3n) is 4.17. The van der Waals surface area contributed by atoms with Gasteiger partial charge in [-0.2, -0.15) is 0 Å². The summed E-state index contributed by atoms with van der Waals surface area (Å²) in [6.07, 6.45) is 0.890. The molecular weight excluding hydrogens is 308 g/mol. The number of rotatable bonds is 6. The maximum atomic E-state index is 10.9. The largest absolute Gasteiger partial charge is 0.493 e. The van der Waals surface area contributed by atoms with E-state index >= 15 is 0 Å². The number of hydroxylamine groups is 2. The van der Waals surface area contributed by atoms with Gasteiger partial charge in [0.2, 0.25) is 0 Å². The molecule has 126 valence electrons. The number of benzene rings is 2. The lowest BCUT2D eigenvalue weighted by Gasteiger charge is -2.13. The van der Waals surface area contributed by atoms with Crippen LogP contribution in [-0.4, -0.2) is 30.0 Å². The standard InChI is InChI=1S/C18H20N2O4/c1-23-16-8-7-12(15-9-13(15)11-20(22)18(19)21)10-17(16)24-14-5-3-2-4-6-14/h2-8,10,13,15,22H,9,11H2,1H3,(H2,19,21)/t13-,15-/m0/s1. The van der Waals surface area contributed by atoms with E-state index in [0.717, 1.165) is 17.7 Å². The molecule has 24 heavy (non-hydrogen) atoms. The fourth-order valence-electron chi connectivity index (χ4n) is 2.79. The summed E-state index contributed by atoms with van der Waals surface area (Å²) in [6.45, 7) is 0.237. The lowest BCUT2D eigenvalue weighted by Crippen LogP contribution is -2.34. The van der Waals surface area contributed by atoms with Crippen LogP contribution < -0.4 is 15.2 Å². The third-order valence-corrected chi connectivity index (χ3v) is 4.17. The number of para-hydroxylation sites is 1. The number of ether oxygens (including phenoxy) is 2. The Morgan fingerprint density at radius 3 is 2.67 bits per heavy atom. The van der Waals surface area contributed by atoms with Gasteiger partial charge < -0.3 is 15.2 Å². The van der Waals surface area contributed by atoms with Crippen LogP contribution in [0.5, 0.6) is 17.2 Å². The van der Waals surface area contributed by atoms with Gasteiger partial charge in [0.05, 0.1) is 13.7 Å². The fraction of sp³-hybridized carbons (Fsp3) is 0.278. The second-order valence-corrected chi connectivity index (χ2v) is 5.85. The van der Waals surface area contributed by atoms with Gasteiger partial charge in [-0.15, -0.1) is 0 Å². The Labute approximate surface area is 140 Å². The number of methoxy groups -OCH3 is 1. The summed E-state index contributed by atoms with van der Waals surface area (Å²) in [6, 6.07) is 14.5. The van der Waals surface area contributed by atoms with E-state index in [1.807, 2.05) is 48.5 Å². The van der Waals surface area contributed by atoms with Gasteiger partial charge in [-0.3, -0.25) is 5.21 Å². The highest BCUT2D eigenvalue weighted by atomic mass is 16.5. The molecule has 2 aromatic rings. The van der Waals surface area contributed by atoms with Crippen molar-refractivity contribution in [1.82, 2.24) is 5.06 Å². The molecule has 3 N–H and O–H groups in total.